The van der Waals surface area contributed by atoms with E-state index in [9.17, 15) is 28.0 Å². The summed E-state index contributed by atoms with van der Waals surface area (Å²) in [5, 5.41) is 12.4. The van der Waals surface area contributed by atoms with Gasteiger partial charge in [0.15, 0.2) is 17.4 Å². The van der Waals surface area contributed by atoms with Gasteiger partial charge in [0.05, 0.1) is 34.4 Å². The number of amides is 4. The molecule has 3 aliphatic heterocycles. The molecule has 4 amide bonds. The van der Waals surface area contributed by atoms with Gasteiger partial charge in [0.1, 0.15) is 36.7 Å². The number of piperazine rings is 1. The highest BCUT2D eigenvalue weighted by Gasteiger charge is 2.37. The van der Waals surface area contributed by atoms with Crippen LogP contribution in [0.4, 0.5) is 8.78 Å². The zero-order chi connectivity index (χ0) is 46.6. The highest BCUT2D eigenvalue weighted by atomic mass is 32.1. The molecule has 5 aromatic rings. The number of carbonyl (C=O) groups is 4. The van der Waals surface area contributed by atoms with E-state index in [1.54, 1.807) is 52.3 Å². The maximum absolute atomic E-state index is 14.8. The second kappa shape index (κ2) is 20.7. The van der Waals surface area contributed by atoms with Crippen LogP contribution < -0.4 is 20.1 Å². The Bertz CT molecular complexity index is 2560. The first kappa shape index (κ1) is 46.5. The molecule has 3 saturated heterocycles. The first-order valence-corrected chi connectivity index (χ1v) is 24.5. The molecule has 0 bridgehead atoms. The summed E-state index contributed by atoms with van der Waals surface area (Å²) in [6, 6.07) is 7.85. The van der Waals surface area contributed by atoms with Crippen LogP contribution in [0.5, 0.6) is 11.6 Å². The number of fused-ring (bicyclic) bond motifs is 2. The SMILES string of the molecule is CN[C@@H](C)C(=O)NC(C(=O)N1CCN(C(=O)c2cc3cc(F)c(F)cc3n2CC(=O)N2CCC[C@H]2COc2cc(CN3CCC(Oc4ccnc5ccsc45)CC3)on2)CC1)C1CCCCC1. The van der Waals surface area contributed by atoms with Crippen LogP contribution in [0.1, 0.15) is 81.0 Å². The number of hydrogen-bond acceptors (Lipinski definition) is 12. The standard InChI is InChI=1S/C48H59F2N9O7S/c1-30(51-2)46(61)53-44(31-7-4-3-5-8-31)48(63)57-20-18-56(19-21-57)47(62)40-24-32-23-36(49)37(50)26-39(32)59(40)28-43(60)58-15-6-9-33(58)29-64-42-25-35(66-54-42)27-55-16-11-34(12-17-55)65-41-10-14-52-38-13-22-67-45(38)41/h10,13-14,22-26,30-31,33-34,44,51H,3-9,11-12,15-21,27-29H2,1-2H3,(H,53,61)/t30-,33-,44?/m0/s1. The lowest BCUT2D eigenvalue weighted by atomic mass is 9.83. The fourth-order valence-electron chi connectivity index (χ4n) is 10.1. The summed E-state index contributed by atoms with van der Waals surface area (Å²) < 4.78 is 50.0. The molecule has 4 fully saturated rings. The minimum absolute atomic E-state index is 0.0304. The number of hydrogen-bond donors (Lipinski definition) is 2. The monoisotopic (exact) mass is 943 g/mol. The van der Waals surface area contributed by atoms with Crippen LogP contribution in [0.25, 0.3) is 21.1 Å². The van der Waals surface area contributed by atoms with Gasteiger partial charge in [-0.1, -0.05) is 19.3 Å². The second-order valence-corrected chi connectivity index (χ2v) is 19.2. The van der Waals surface area contributed by atoms with Crippen molar-refractivity contribution in [3.05, 3.63) is 71.1 Å². The highest BCUT2D eigenvalue weighted by molar-refractivity contribution is 7.17. The Labute approximate surface area is 391 Å². The third kappa shape index (κ3) is 10.4. The first-order valence-electron chi connectivity index (χ1n) is 23.7. The maximum atomic E-state index is 14.8. The van der Waals surface area contributed by atoms with Crippen molar-refractivity contribution in [2.75, 3.05) is 59.5 Å². The van der Waals surface area contributed by atoms with E-state index >= 15 is 0 Å². The fourth-order valence-corrected chi connectivity index (χ4v) is 10.9. The predicted molar refractivity (Wildman–Crippen MR) is 247 cm³/mol. The van der Waals surface area contributed by atoms with Crippen LogP contribution in [0.3, 0.4) is 0 Å². The number of nitrogens with one attached hydrogen (secondary N) is 2. The van der Waals surface area contributed by atoms with Gasteiger partial charge in [-0.15, -0.1) is 11.3 Å². The van der Waals surface area contributed by atoms with Crippen molar-refractivity contribution in [2.24, 2.45) is 5.92 Å². The molecule has 2 N–H and O–H groups in total. The van der Waals surface area contributed by atoms with E-state index < -0.39 is 29.6 Å². The third-order valence-electron chi connectivity index (χ3n) is 14.0. The Morgan fingerprint density at radius 1 is 0.896 bits per heavy atom. The van der Waals surface area contributed by atoms with E-state index in [1.807, 2.05) is 17.5 Å². The maximum Gasteiger partial charge on any atom is 0.270 e. The predicted octanol–water partition coefficient (Wildman–Crippen LogP) is 5.59. The number of halogens is 2. The molecule has 67 heavy (non-hydrogen) atoms. The smallest absolute Gasteiger partial charge is 0.270 e. The van der Waals surface area contributed by atoms with Crippen LogP contribution in [0, 0.1) is 17.6 Å². The number of likely N-dealkylation sites (tertiary alicyclic amines) is 2. The van der Waals surface area contributed by atoms with E-state index in [0.717, 1.165) is 92.6 Å². The van der Waals surface area contributed by atoms with Crippen LogP contribution in [0.2, 0.25) is 0 Å². The third-order valence-corrected chi connectivity index (χ3v) is 14.9. The van der Waals surface area contributed by atoms with Crippen molar-refractivity contribution in [1.82, 2.24) is 44.9 Å². The molecule has 3 atom stereocenters. The van der Waals surface area contributed by atoms with Crippen LogP contribution in [-0.4, -0.2) is 142 Å². The van der Waals surface area contributed by atoms with Gasteiger partial charge < -0.3 is 43.9 Å². The van der Waals surface area contributed by atoms with E-state index in [-0.39, 0.29) is 91.7 Å². The van der Waals surface area contributed by atoms with Crippen molar-refractivity contribution in [2.45, 2.75) is 102 Å². The summed E-state index contributed by atoms with van der Waals surface area (Å²) >= 11 is 1.63. The Hall–Kier alpha value is -5.66. The molecule has 1 aromatic carbocycles. The summed E-state index contributed by atoms with van der Waals surface area (Å²) in [5.74, 6) is -1.35. The van der Waals surface area contributed by atoms with Gasteiger partial charge in [0, 0.05) is 69.5 Å². The Kier molecular flexibility index (Phi) is 14.3. The van der Waals surface area contributed by atoms with Crippen molar-refractivity contribution in [3.8, 4) is 11.6 Å². The van der Waals surface area contributed by atoms with Crippen molar-refractivity contribution in [3.63, 3.8) is 0 Å². The number of piperidine rings is 1. The van der Waals surface area contributed by atoms with Crippen LogP contribution in [-0.2, 0) is 27.5 Å². The summed E-state index contributed by atoms with van der Waals surface area (Å²) in [7, 11) is 1.70. The van der Waals surface area contributed by atoms with Gasteiger partial charge in [0.2, 0.25) is 17.7 Å². The van der Waals surface area contributed by atoms with Gasteiger partial charge in [-0.25, -0.2) is 8.78 Å². The Morgan fingerprint density at radius 2 is 1.66 bits per heavy atom. The Balaban J connectivity index is 0.803. The lowest BCUT2D eigenvalue weighted by Gasteiger charge is -2.39. The number of carbonyl (C=O) groups excluding carboxylic acids is 4. The number of benzene rings is 1. The first-order chi connectivity index (χ1) is 32.5. The molecule has 0 spiro atoms. The molecule has 19 heteroatoms. The minimum Gasteiger partial charge on any atom is -0.489 e. The van der Waals surface area contributed by atoms with Crippen LogP contribution in [0.15, 0.2) is 52.5 Å². The summed E-state index contributed by atoms with van der Waals surface area (Å²) in [6.07, 6.45) is 9.88. The average Bonchev–Trinajstić information content (AvgIpc) is 4.19. The molecule has 1 unspecified atom stereocenters. The van der Waals surface area contributed by atoms with Crippen molar-refractivity contribution < 1.29 is 42.0 Å². The number of aromatic nitrogens is 3. The van der Waals surface area contributed by atoms with E-state index in [4.69, 9.17) is 14.0 Å². The number of likely N-dealkylation sites (N-methyl/N-ethyl adjacent to an activating group) is 1. The van der Waals surface area contributed by atoms with Gasteiger partial charge in [-0.2, -0.15) is 0 Å². The van der Waals surface area contributed by atoms with Crippen molar-refractivity contribution in [1.29, 1.82) is 0 Å². The van der Waals surface area contributed by atoms with Gasteiger partial charge in [-0.05, 0) is 93.2 Å². The number of ether oxygens (including phenoxy) is 2. The molecule has 4 aromatic heterocycles. The largest absolute Gasteiger partial charge is 0.489 e. The quantitative estimate of drug-likeness (QED) is 0.134. The number of rotatable bonds is 15. The van der Waals surface area contributed by atoms with E-state index in [1.165, 1.54) is 10.6 Å². The molecule has 0 radical (unpaired) electrons. The zero-order valence-electron chi connectivity index (χ0n) is 38.1. The molecule has 1 aliphatic carbocycles. The lowest BCUT2D eigenvalue weighted by Crippen LogP contribution is -2.59. The lowest BCUT2D eigenvalue weighted by molar-refractivity contribution is -0.140. The summed E-state index contributed by atoms with van der Waals surface area (Å²) in [4.78, 5) is 67.2. The second-order valence-electron chi connectivity index (χ2n) is 18.3. The summed E-state index contributed by atoms with van der Waals surface area (Å²) in [5.41, 5.74) is 1.29. The molecule has 1 saturated carbocycles. The average molecular weight is 944 g/mol. The normalized spacial score (nSPS) is 19.8. The molecule has 7 heterocycles. The molecular weight excluding hydrogens is 885 g/mol. The van der Waals surface area contributed by atoms with E-state index in [2.05, 4.69) is 25.7 Å². The van der Waals surface area contributed by atoms with Gasteiger partial charge >= 0.3 is 0 Å². The topological polar surface area (TPSA) is 168 Å². The molecule has 358 valence electrons. The van der Waals surface area contributed by atoms with E-state index in [0.29, 0.717) is 31.2 Å². The Morgan fingerprint density at radius 3 is 2.43 bits per heavy atom. The molecule has 4 aliphatic rings. The van der Waals surface area contributed by atoms with Crippen molar-refractivity contribution >= 4 is 56.1 Å². The minimum atomic E-state index is -1.09. The number of pyridine rings is 1. The van der Waals surface area contributed by atoms with Gasteiger partial charge in [-0.3, -0.25) is 29.1 Å². The number of nitrogens with zero attached hydrogens (tertiary/aromatic N) is 7. The zero-order valence-corrected chi connectivity index (χ0v) is 38.9. The number of thiophene rings is 1. The molecule has 16 nitrogen and oxygen atoms in total. The van der Waals surface area contributed by atoms with Crippen LogP contribution >= 0.6 is 11.3 Å². The molecule has 9 rings (SSSR count). The summed E-state index contributed by atoms with van der Waals surface area (Å²) in [6.45, 7) is 5.25. The fraction of sp³-hybridized carbons (Fsp3) is 0.542. The van der Waals surface area contributed by atoms with Gasteiger partial charge in [0.25, 0.3) is 11.8 Å². The highest BCUT2D eigenvalue weighted by Crippen LogP contribution is 2.32. The molecular formula is C48H59F2N9O7S.